The summed E-state index contributed by atoms with van der Waals surface area (Å²) < 4.78 is 20.5. The third kappa shape index (κ3) is 6.09. The van der Waals surface area contributed by atoms with Crippen LogP contribution in [-0.2, 0) is 30.6 Å². The molecule has 2 N–H and O–H groups in total. The molecule has 1 aliphatic rings. The zero-order valence-corrected chi connectivity index (χ0v) is 22.7. The number of nitrogens with zero attached hydrogens (tertiary/aromatic N) is 3. The Morgan fingerprint density at radius 2 is 1.76 bits per heavy atom. The number of aromatic amines is 2. The maximum atomic E-state index is 13.7. The number of amides is 1. The Bertz CT molecular complexity index is 1660. The number of nitrogens with one attached hydrogen (secondary N) is 2. The van der Waals surface area contributed by atoms with Gasteiger partial charge < -0.3 is 14.6 Å². The van der Waals surface area contributed by atoms with Crippen LogP contribution < -0.4 is 5.56 Å². The molecule has 2 aromatic heterocycles. The maximum absolute atomic E-state index is 13.7. The number of hydrogen-bond donors (Lipinski definition) is 2. The third-order valence-electron chi connectivity index (χ3n) is 7.71. The van der Waals surface area contributed by atoms with Gasteiger partial charge in [0.2, 0.25) is 5.95 Å². The quantitative estimate of drug-likeness (QED) is 0.263. The Morgan fingerprint density at radius 1 is 0.976 bits per heavy atom. The van der Waals surface area contributed by atoms with Crippen LogP contribution >= 0.6 is 0 Å². The molecule has 41 heavy (non-hydrogen) atoms. The molecule has 0 spiro atoms. The van der Waals surface area contributed by atoms with Gasteiger partial charge in [-0.3, -0.25) is 9.89 Å². The minimum Gasteiger partial charge on any atom is -0.445 e. The predicted octanol–water partition coefficient (Wildman–Crippen LogP) is 5.56. The zero-order valence-electron chi connectivity index (χ0n) is 22.7. The zero-order chi connectivity index (χ0) is 28.2. The SMILES string of the molecule is O=C(OCc1ccccc1)N1CCCC(Cc2[nH]n(-c3nc4ccccc4[nH]3)c(=O)c2CCc2ccc(F)cc2)C1. The van der Waals surface area contributed by atoms with E-state index < -0.39 is 0 Å². The first-order valence-electron chi connectivity index (χ1n) is 14.0. The number of aryl methyl sites for hydroxylation is 1. The standard InChI is InChI=1S/C32H32FN5O3/c33-25-15-12-22(13-16-25)14-17-26-29(36-38(30(26)39)31-34-27-10-4-5-11-28(27)35-31)19-24-9-6-18-37(20-24)32(40)41-21-23-7-2-1-3-8-23/h1-5,7-8,10-13,15-16,24,36H,6,9,14,17-21H2,(H,34,35). The van der Waals surface area contributed by atoms with Crippen LogP contribution in [0, 0.1) is 11.7 Å². The van der Waals surface area contributed by atoms with Crippen molar-refractivity contribution in [1.82, 2.24) is 24.6 Å². The van der Waals surface area contributed by atoms with Crippen LogP contribution in [0.3, 0.4) is 0 Å². The van der Waals surface area contributed by atoms with Crippen molar-refractivity contribution in [2.45, 2.75) is 38.7 Å². The van der Waals surface area contributed by atoms with E-state index >= 15 is 0 Å². The largest absolute Gasteiger partial charge is 0.445 e. The Labute approximate surface area is 236 Å². The second kappa shape index (κ2) is 11.8. The van der Waals surface area contributed by atoms with Crippen molar-refractivity contribution in [3.05, 3.63) is 117 Å². The van der Waals surface area contributed by atoms with Crippen LogP contribution in [0.25, 0.3) is 17.0 Å². The fraction of sp³-hybridized carbons (Fsp3) is 0.281. The van der Waals surface area contributed by atoms with Gasteiger partial charge in [0.1, 0.15) is 12.4 Å². The summed E-state index contributed by atoms with van der Waals surface area (Å²) in [5, 5.41) is 3.33. The number of halogens is 1. The van der Waals surface area contributed by atoms with Crippen molar-refractivity contribution in [3.8, 4) is 5.95 Å². The maximum Gasteiger partial charge on any atom is 0.410 e. The molecular formula is C32H32FN5O3. The molecular weight excluding hydrogens is 521 g/mol. The number of rotatable bonds is 8. The average molecular weight is 554 g/mol. The summed E-state index contributed by atoms with van der Waals surface area (Å²) in [7, 11) is 0. The lowest BCUT2D eigenvalue weighted by Gasteiger charge is -2.32. The fourth-order valence-electron chi connectivity index (χ4n) is 5.56. The number of para-hydroxylation sites is 2. The molecule has 1 amide bonds. The summed E-state index contributed by atoms with van der Waals surface area (Å²) >= 11 is 0. The van der Waals surface area contributed by atoms with E-state index in [1.54, 1.807) is 17.0 Å². The molecule has 1 fully saturated rings. The third-order valence-corrected chi connectivity index (χ3v) is 7.71. The van der Waals surface area contributed by atoms with Crippen LogP contribution in [-0.4, -0.2) is 43.8 Å². The molecule has 0 radical (unpaired) electrons. The number of benzene rings is 3. The van der Waals surface area contributed by atoms with Crippen molar-refractivity contribution in [2.24, 2.45) is 5.92 Å². The summed E-state index contributed by atoms with van der Waals surface area (Å²) in [5.74, 6) is 0.312. The summed E-state index contributed by atoms with van der Waals surface area (Å²) in [6.45, 7) is 1.45. The topological polar surface area (TPSA) is 96.0 Å². The molecule has 8 nitrogen and oxygen atoms in total. The van der Waals surface area contributed by atoms with Crippen molar-refractivity contribution in [3.63, 3.8) is 0 Å². The number of imidazole rings is 1. The number of carbonyl (C=O) groups is 1. The van der Waals surface area contributed by atoms with Gasteiger partial charge in [0.15, 0.2) is 0 Å². The molecule has 9 heteroatoms. The van der Waals surface area contributed by atoms with Gasteiger partial charge in [-0.15, -0.1) is 0 Å². The highest BCUT2D eigenvalue weighted by atomic mass is 19.1. The van der Waals surface area contributed by atoms with E-state index in [1.807, 2.05) is 54.6 Å². The van der Waals surface area contributed by atoms with Gasteiger partial charge in [-0.1, -0.05) is 54.6 Å². The Hall–Kier alpha value is -4.66. The second-order valence-electron chi connectivity index (χ2n) is 10.6. The number of H-pyrrole nitrogens is 2. The highest BCUT2D eigenvalue weighted by Crippen LogP contribution is 2.23. The number of carbonyl (C=O) groups excluding carboxylic acids is 1. The van der Waals surface area contributed by atoms with Crippen LogP contribution in [0.1, 0.15) is 35.2 Å². The molecule has 3 aromatic carbocycles. The van der Waals surface area contributed by atoms with Gasteiger partial charge >= 0.3 is 6.09 Å². The van der Waals surface area contributed by atoms with Crippen molar-refractivity contribution in [1.29, 1.82) is 0 Å². The summed E-state index contributed by atoms with van der Waals surface area (Å²) in [6, 6.07) is 23.7. The molecule has 0 bridgehead atoms. The molecule has 210 valence electrons. The lowest BCUT2D eigenvalue weighted by atomic mass is 9.91. The number of piperidine rings is 1. The molecule has 3 heterocycles. The van der Waals surface area contributed by atoms with E-state index in [-0.39, 0.29) is 30.0 Å². The predicted molar refractivity (Wildman–Crippen MR) is 154 cm³/mol. The molecule has 1 saturated heterocycles. The minimum atomic E-state index is -0.316. The first-order chi connectivity index (χ1) is 20.0. The van der Waals surface area contributed by atoms with Crippen molar-refractivity contribution in [2.75, 3.05) is 13.1 Å². The molecule has 1 aliphatic heterocycles. The highest BCUT2D eigenvalue weighted by molar-refractivity contribution is 5.75. The number of fused-ring (bicyclic) bond motifs is 1. The van der Waals surface area contributed by atoms with Gasteiger partial charge in [-0.25, -0.2) is 14.2 Å². The molecule has 1 atom stereocenters. The smallest absolute Gasteiger partial charge is 0.410 e. The average Bonchev–Trinajstić information content (AvgIpc) is 3.57. The molecule has 0 saturated carbocycles. The molecule has 1 unspecified atom stereocenters. The van der Waals surface area contributed by atoms with Gasteiger partial charge in [-0.05, 0) is 73.4 Å². The van der Waals surface area contributed by atoms with Gasteiger partial charge in [0, 0.05) is 24.3 Å². The highest BCUT2D eigenvalue weighted by Gasteiger charge is 2.27. The Kier molecular flexibility index (Phi) is 7.67. The lowest BCUT2D eigenvalue weighted by molar-refractivity contribution is 0.0789. The van der Waals surface area contributed by atoms with Gasteiger partial charge in [0.25, 0.3) is 5.56 Å². The van der Waals surface area contributed by atoms with Crippen LogP contribution in [0.4, 0.5) is 9.18 Å². The summed E-state index contributed by atoms with van der Waals surface area (Å²) in [4.78, 5) is 36.2. The normalized spacial score (nSPS) is 15.3. The Balaban J connectivity index is 1.22. The summed E-state index contributed by atoms with van der Waals surface area (Å²) in [6.07, 6.45) is 3.21. The fourth-order valence-corrected chi connectivity index (χ4v) is 5.56. The first kappa shape index (κ1) is 26.6. The Morgan fingerprint density at radius 3 is 2.56 bits per heavy atom. The second-order valence-corrected chi connectivity index (χ2v) is 10.6. The van der Waals surface area contributed by atoms with E-state index in [0.29, 0.717) is 43.9 Å². The monoisotopic (exact) mass is 553 g/mol. The van der Waals surface area contributed by atoms with E-state index in [0.717, 1.165) is 40.7 Å². The number of aromatic nitrogens is 4. The minimum absolute atomic E-state index is 0.156. The van der Waals surface area contributed by atoms with Crippen LogP contribution in [0.15, 0.2) is 83.7 Å². The van der Waals surface area contributed by atoms with Crippen molar-refractivity contribution >= 4 is 17.1 Å². The van der Waals surface area contributed by atoms with E-state index in [4.69, 9.17) is 4.74 Å². The molecule has 5 aromatic rings. The number of likely N-dealkylation sites (tertiary alicyclic amines) is 1. The van der Waals surface area contributed by atoms with E-state index in [1.165, 1.54) is 16.8 Å². The number of hydrogen-bond acceptors (Lipinski definition) is 4. The van der Waals surface area contributed by atoms with Crippen LogP contribution in [0.5, 0.6) is 0 Å². The van der Waals surface area contributed by atoms with E-state index in [2.05, 4.69) is 15.1 Å². The van der Waals surface area contributed by atoms with E-state index in [9.17, 15) is 14.0 Å². The van der Waals surface area contributed by atoms with Gasteiger partial charge in [-0.2, -0.15) is 4.68 Å². The first-order valence-corrected chi connectivity index (χ1v) is 14.0. The van der Waals surface area contributed by atoms with Crippen LogP contribution in [0.2, 0.25) is 0 Å². The van der Waals surface area contributed by atoms with Gasteiger partial charge in [0.05, 0.1) is 11.0 Å². The lowest BCUT2D eigenvalue weighted by Crippen LogP contribution is -2.40. The summed E-state index contributed by atoms with van der Waals surface area (Å²) in [5.41, 5.74) is 4.88. The molecule has 6 rings (SSSR count). The molecule has 0 aliphatic carbocycles. The number of ether oxygens (including phenoxy) is 1. The van der Waals surface area contributed by atoms with Crippen molar-refractivity contribution < 1.29 is 13.9 Å².